The second-order valence-electron chi connectivity index (χ2n) is 3.70. The van der Waals surface area contributed by atoms with Crippen LogP contribution in [0.5, 0.6) is 0 Å². The fraction of sp³-hybridized carbons (Fsp3) is 0.444. The van der Waals surface area contributed by atoms with E-state index >= 15 is 0 Å². The van der Waals surface area contributed by atoms with Crippen LogP contribution in [0.1, 0.15) is 12.8 Å². The molecule has 1 unspecified atom stereocenters. The molecule has 0 bridgehead atoms. The van der Waals surface area contributed by atoms with Crippen LogP contribution in [0.25, 0.3) is 0 Å². The van der Waals surface area contributed by atoms with Crippen molar-refractivity contribution < 1.29 is 18.3 Å². The number of thiophene rings is 1. The van der Waals surface area contributed by atoms with E-state index in [-0.39, 0.29) is 11.4 Å². The van der Waals surface area contributed by atoms with Gasteiger partial charge in [-0.2, -0.15) is 4.31 Å². The molecule has 0 spiro atoms. The Balaban J connectivity index is 2.40. The molecule has 1 N–H and O–H groups in total. The maximum atomic E-state index is 12.3. The number of carboxylic acids is 1. The summed E-state index contributed by atoms with van der Waals surface area (Å²) in [6.45, 7) is 0.265. The lowest BCUT2D eigenvalue weighted by molar-refractivity contribution is -0.140. The Kier molecular flexibility index (Phi) is 3.58. The highest BCUT2D eigenvalue weighted by molar-refractivity contribution is 9.10. The molecule has 0 saturated carbocycles. The highest BCUT2D eigenvalue weighted by Crippen LogP contribution is 2.32. The van der Waals surface area contributed by atoms with Crippen LogP contribution in [0, 0.1) is 0 Å². The Morgan fingerprint density at radius 3 is 2.76 bits per heavy atom. The van der Waals surface area contributed by atoms with Crippen LogP contribution in [-0.4, -0.2) is 36.4 Å². The Bertz CT molecular complexity index is 539. The number of hydrogen-bond donors (Lipinski definition) is 1. The minimum absolute atomic E-state index is 0.149. The van der Waals surface area contributed by atoms with E-state index in [0.29, 0.717) is 17.3 Å². The number of aliphatic carboxylic acids is 1. The number of hydrogen-bond acceptors (Lipinski definition) is 4. The maximum Gasteiger partial charge on any atom is 0.322 e. The van der Waals surface area contributed by atoms with Crippen molar-refractivity contribution in [3.63, 3.8) is 0 Å². The summed E-state index contributed by atoms with van der Waals surface area (Å²) in [4.78, 5) is 11.1. The van der Waals surface area contributed by atoms with Crippen LogP contribution in [0.3, 0.4) is 0 Å². The summed E-state index contributed by atoms with van der Waals surface area (Å²) in [7, 11) is -3.70. The number of carbonyl (C=O) groups is 1. The van der Waals surface area contributed by atoms with Crippen molar-refractivity contribution in [1.29, 1.82) is 0 Å². The first-order valence-electron chi connectivity index (χ1n) is 4.91. The summed E-state index contributed by atoms with van der Waals surface area (Å²) in [5, 5.41) is 12.2. The van der Waals surface area contributed by atoms with Gasteiger partial charge < -0.3 is 5.11 Å². The van der Waals surface area contributed by atoms with Gasteiger partial charge in [-0.15, -0.1) is 11.3 Å². The molecule has 1 aliphatic rings. The third-order valence-corrected chi connectivity index (χ3v) is 6.72. The average molecular weight is 340 g/mol. The van der Waals surface area contributed by atoms with Crippen LogP contribution in [0.15, 0.2) is 20.1 Å². The van der Waals surface area contributed by atoms with E-state index in [0.717, 1.165) is 4.31 Å². The molecule has 2 heterocycles. The molecule has 0 aromatic carbocycles. The molecule has 1 aromatic heterocycles. The van der Waals surface area contributed by atoms with Gasteiger partial charge in [0.05, 0.1) is 0 Å². The number of nitrogens with zero attached hydrogens (tertiary/aromatic N) is 1. The molecular weight excluding hydrogens is 330 g/mol. The van der Waals surface area contributed by atoms with Gasteiger partial charge in [-0.1, -0.05) is 0 Å². The molecule has 8 heteroatoms. The van der Waals surface area contributed by atoms with E-state index in [1.54, 1.807) is 5.38 Å². The molecule has 1 saturated heterocycles. The molecule has 1 aromatic rings. The molecule has 5 nitrogen and oxygen atoms in total. The predicted octanol–water partition coefficient (Wildman–Crippen LogP) is 1.75. The molecule has 0 aliphatic carbocycles. The zero-order valence-electron chi connectivity index (χ0n) is 8.67. The lowest BCUT2D eigenvalue weighted by Gasteiger charge is -2.20. The van der Waals surface area contributed by atoms with Crippen LogP contribution in [0.4, 0.5) is 0 Å². The number of sulfonamides is 1. The topological polar surface area (TPSA) is 74.7 Å². The fourth-order valence-corrected chi connectivity index (χ4v) is 5.81. The quantitative estimate of drug-likeness (QED) is 0.910. The minimum Gasteiger partial charge on any atom is -0.480 e. The van der Waals surface area contributed by atoms with E-state index in [9.17, 15) is 13.2 Å². The molecule has 0 radical (unpaired) electrons. The Morgan fingerprint density at radius 2 is 2.24 bits per heavy atom. The maximum absolute atomic E-state index is 12.3. The van der Waals surface area contributed by atoms with E-state index in [1.807, 2.05) is 0 Å². The van der Waals surface area contributed by atoms with Gasteiger partial charge in [-0.05, 0) is 28.8 Å². The van der Waals surface area contributed by atoms with E-state index in [4.69, 9.17) is 5.11 Å². The number of carboxylic acid groups (broad SMARTS) is 1. The molecule has 1 atom stereocenters. The first-order valence-corrected chi connectivity index (χ1v) is 8.08. The van der Waals surface area contributed by atoms with Crippen LogP contribution >= 0.6 is 27.3 Å². The second kappa shape index (κ2) is 4.68. The Hall–Kier alpha value is -0.440. The van der Waals surface area contributed by atoms with Gasteiger partial charge >= 0.3 is 5.97 Å². The van der Waals surface area contributed by atoms with Gasteiger partial charge in [-0.3, -0.25) is 4.79 Å². The summed E-state index contributed by atoms with van der Waals surface area (Å²) in [6, 6.07) is -0.938. The van der Waals surface area contributed by atoms with Gasteiger partial charge in [0.2, 0.25) is 10.0 Å². The first-order chi connectivity index (χ1) is 7.94. The lowest BCUT2D eigenvalue weighted by atomic mass is 10.2. The first kappa shape index (κ1) is 13.0. The summed E-state index contributed by atoms with van der Waals surface area (Å²) in [5.41, 5.74) is 0. The van der Waals surface area contributed by atoms with Crippen molar-refractivity contribution in [3.05, 3.63) is 15.2 Å². The van der Waals surface area contributed by atoms with Crippen LogP contribution in [0.2, 0.25) is 0 Å². The van der Waals surface area contributed by atoms with E-state index in [2.05, 4.69) is 15.9 Å². The van der Waals surface area contributed by atoms with Gasteiger partial charge in [-0.25, -0.2) is 8.42 Å². The van der Waals surface area contributed by atoms with Crippen molar-refractivity contribution in [2.45, 2.75) is 23.8 Å². The molecule has 0 amide bonds. The van der Waals surface area contributed by atoms with Crippen molar-refractivity contribution in [1.82, 2.24) is 4.31 Å². The lowest BCUT2D eigenvalue weighted by Crippen LogP contribution is -2.40. The molecule has 2 rings (SSSR count). The molecule has 1 fully saturated rings. The monoisotopic (exact) mass is 339 g/mol. The van der Waals surface area contributed by atoms with Gasteiger partial charge in [0, 0.05) is 21.8 Å². The SMILES string of the molecule is O=C(O)C1CCCN1S(=O)(=O)c1cscc1Br. The fourth-order valence-electron chi connectivity index (χ4n) is 1.85. The average Bonchev–Trinajstić information content (AvgIpc) is 2.84. The van der Waals surface area contributed by atoms with Gasteiger partial charge in [0.25, 0.3) is 0 Å². The van der Waals surface area contributed by atoms with Crippen molar-refractivity contribution in [3.8, 4) is 0 Å². The zero-order valence-corrected chi connectivity index (χ0v) is 11.9. The van der Waals surface area contributed by atoms with Crippen LogP contribution < -0.4 is 0 Å². The number of halogens is 1. The normalized spacial score (nSPS) is 21.8. The molecule has 1 aliphatic heterocycles. The van der Waals surface area contributed by atoms with Crippen molar-refractivity contribution in [2.24, 2.45) is 0 Å². The predicted molar refractivity (Wildman–Crippen MR) is 66.6 cm³/mol. The van der Waals surface area contributed by atoms with E-state index < -0.39 is 22.0 Å². The third-order valence-electron chi connectivity index (χ3n) is 2.66. The summed E-state index contributed by atoms with van der Waals surface area (Å²) in [6.07, 6.45) is 0.953. The largest absolute Gasteiger partial charge is 0.480 e. The Morgan fingerprint density at radius 1 is 1.53 bits per heavy atom. The summed E-state index contributed by atoms with van der Waals surface area (Å²) >= 11 is 4.42. The Labute approximate surface area is 111 Å². The van der Waals surface area contributed by atoms with Gasteiger partial charge in [0.1, 0.15) is 10.9 Å². The molecular formula is C9H10BrNO4S2. The van der Waals surface area contributed by atoms with Crippen molar-refractivity contribution in [2.75, 3.05) is 6.54 Å². The van der Waals surface area contributed by atoms with E-state index in [1.165, 1.54) is 16.7 Å². The highest BCUT2D eigenvalue weighted by Gasteiger charge is 2.40. The third kappa shape index (κ3) is 2.26. The molecule has 94 valence electrons. The highest BCUT2D eigenvalue weighted by atomic mass is 79.9. The summed E-state index contributed by atoms with van der Waals surface area (Å²) in [5.74, 6) is -1.09. The van der Waals surface area contributed by atoms with Crippen LogP contribution in [-0.2, 0) is 14.8 Å². The second-order valence-corrected chi connectivity index (χ2v) is 7.15. The molecule has 17 heavy (non-hydrogen) atoms. The van der Waals surface area contributed by atoms with Gasteiger partial charge in [0.15, 0.2) is 0 Å². The minimum atomic E-state index is -3.70. The zero-order chi connectivity index (χ0) is 12.6. The number of rotatable bonds is 3. The van der Waals surface area contributed by atoms with Crippen molar-refractivity contribution >= 4 is 43.3 Å². The summed E-state index contributed by atoms with van der Waals surface area (Å²) < 4.78 is 26.1. The smallest absolute Gasteiger partial charge is 0.322 e. The standard InChI is InChI=1S/C9H10BrNO4S2/c10-6-4-16-5-8(6)17(14,15)11-3-1-2-7(11)9(12)13/h4-5,7H,1-3H2,(H,12,13).